The number of nitrogens with zero attached hydrogens (tertiary/aromatic N) is 4. The van der Waals surface area contributed by atoms with Gasteiger partial charge in [0, 0.05) is 31.7 Å². The molecule has 4 rings (SSSR count). The maximum absolute atomic E-state index is 12.6. The van der Waals surface area contributed by atoms with Crippen molar-refractivity contribution in [3.63, 3.8) is 0 Å². The largest absolute Gasteiger partial charge is 0.484 e. The predicted molar refractivity (Wildman–Crippen MR) is 122 cm³/mol. The van der Waals surface area contributed by atoms with E-state index in [1.165, 1.54) is 11.1 Å². The number of amides is 1. The second-order valence-corrected chi connectivity index (χ2v) is 8.45. The summed E-state index contributed by atoms with van der Waals surface area (Å²) in [6.07, 6.45) is 0. The van der Waals surface area contributed by atoms with E-state index in [9.17, 15) is 4.79 Å². The van der Waals surface area contributed by atoms with E-state index in [1.807, 2.05) is 61.2 Å². The van der Waals surface area contributed by atoms with Gasteiger partial charge in [-0.2, -0.15) is 4.98 Å². The van der Waals surface area contributed by atoms with E-state index in [4.69, 9.17) is 9.26 Å². The summed E-state index contributed by atoms with van der Waals surface area (Å²) in [5.74, 6) is 1.94. The Morgan fingerprint density at radius 3 is 2.44 bits per heavy atom. The molecule has 32 heavy (non-hydrogen) atoms. The summed E-state index contributed by atoms with van der Waals surface area (Å²) in [6, 6.07) is 14.0. The minimum Gasteiger partial charge on any atom is -0.484 e. The van der Waals surface area contributed by atoms with E-state index in [1.54, 1.807) is 0 Å². The maximum Gasteiger partial charge on any atom is 0.260 e. The first-order valence-corrected chi connectivity index (χ1v) is 11.0. The van der Waals surface area contributed by atoms with Crippen LogP contribution in [0.4, 0.5) is 0 Å². The standard InChI is InChI=1S/C25H30N4O3/c1-17-5-8-21(9-6-17)24-26-25(32-27-24)20(4)28-11-13-29(14-12-28)23(30)16-31-22-10-7-18(2)19(3)15-22/h5-10,15,20H,11-14,16H2,1-4H3. The van der Waals surface area contributed by atoms with Gasteiger partial charge in [0.05, 0.1) is 6.04 Å². The molecule has 0 radical (unpaired) electrons. The van der Waals surface area contributed by atoms with E-state index in [-0.39, 0.29) is 18.6 Å². The number of carbonyl (C=O) groups is 1. The van der Waals surface area contributed by atoms with Crippen molar-refractivity contribution in [3.05, 3.63) is 65.0 Å². The molecule has 1 fully saturated rings. The van der Waals surface area contributed by atoms with Crippen molar-refractivity contribution in [3.8, 4) is 17.1 Å². The fraction of sp³-hybridized carbons (Fsp3) is 0.400. The van der Waals surface area contributed by atoms with Gasteiger partial charge in [-0.3, -0.25) is 9.69 Å². The van der Waals surface area contributed by atoms with Crippen LogP contribution in [0.15, 0.2) is 47.0 Å². The van der Waals surface area contributed by atoms with Crippen LogP contribution in [0.5, 0.6) is 5.75 Å². The quantitative estimate of drug-likeness (QED) is 0.585. The van der Waals surface area contributed by atoms with Crippen LogP contribution >= 0.6 is 0 Å². The number of piperazine rings is 1. The molecule has 0 saturated carbocycles. The zero-order valence-corrected chi connectivity index (χ0v) is 19.2. The van der Waals surface area contributed by atoms with Crippen LogP contribution < -0.4 is 4.74 Å². The molecule has 1 atom stereocenters. The highest BCUT2D eigenvalue weighted by Crippen LogP contribution is 2.24. The molecular weight excluding hydrogens is 404 g/mol. The van der Waals surface area contributed by atoms with Crippen molar-refractivity contribution in [1.82, 2.24) is 19.9 Å². The second-order valence-electron chi connectivity index (χ2n) is 8.45. The summed E-state index contributed by atoms with van der Waals surface area (Å²) in [6.45, 7) is 11.1. The highest BCUT2D eigenvalue weighted by molar-refractivity contribution is 5.77. The van der Waals surface area contributed by atoms with Crippen LogP contribution in [0, 0.1) is 20.8 Å². The summed E-state index contributed by atoms with van der Waals surface area (Å²) in [5, 5.41) is 4.15. The molecule has 1 amide bonds. The molecule has 7 heteroatoms. The molecule has 2 heterocycles. The Balaban J connectivity index is 1.29. The van der Waals surface area contributed by atoms with Crippen LogP contribution in [0.25, 0.3) is 11.4 Å². The van der Waals surface area contributed by atoms with Crippen molar-refractivity contribution < 1.29 is 14.1 Å². The van der Waals surface area contributed by atoms with Crippen molar-refractivity contribution >= 4 is 5.91 Å². The van der Waals surface area contributed by atoms with Crippen LogP contribution in [0.2, 0.25) is 0 Å². The lowest BCUT2D eigenvalue weighted by atomic mass is 10.1. The van der Waals surface area contributed by atoms with Crippen molar-refractivity contribution in [2.24, 2.45) is 0 Å². The average Bonchev–Trinajstić information content (AvgIpc) is 3.30. The Hall–Kier alpha value is -3.19. The van der Waals surface area contributed by atoms with Crippen LogP contribution in [-0.4, -0.2) is 58.6 Å². The Bertz CT molecular complexity index is 1070. The maximum atomic E-state index is 12.6. The van der Waals surface area contributed by atoms with Gasteiger partial charge in [0.25, 0.3) is 5.91 Å². The lowest BCUT2D eigenvalue weighted by molar-refractivity contribution is -0.135. The summed E-state index contributed by atoms with van der Waals surface area (Å²) in [7, 11) is 0. The van der Waals surface area contributed by atoms with Crippen molar-refractivity contribution in [1.29, 1.82) is 0 Å². The van der Waals surface area contributed by atoms with Crippen molar-refractivity contribution in [2.75, 3.05) is 32.8 Å². The fourth-order valence-electron chi connectivity index (χ4n) is 3.78. The average molecular weight is 435 g/mol. The minimum absolute atomic E-state index is 0.00858. The van der Waals surface area contributed by atoms with Gasteiger partial charge in [-0.25, -0.2) is 0 Å². The molecule has 2 aromatic carbocycles. The highest BCUT2D eigenvalue weighted by Gasteiger charge is 2.28. The summed E-state index contributed by atoms with van der Waals surface area (Å²) in [5.41, 5.74) is 4.50. The van der Waals surface area contributed by atoms with Crippen LogP contribution in [-0.2, 0) is 4.79 Å². The normalized spacial score (nSPS) is 15.6. The number of rotatable bonds is 6. The topological polar surface area (TPSA) is 71.7 Å². The van der Waals surface area contributed by atoms with Gasteiger partial charge in [0.1, 0.15) is 5.75 Å². The number of aryl methyl sites for hydroxylation is 3. The van der Waals surface area contributed by atoms with Gasteiger partial charge in [0.2, 0.25) is 11.7 Å². The number of carbonyl (C=O) groups excluding carboxylic acids is 1. The molecule has 0 aliphatic carbocycles. The zero-order chi connectivity index (χ0) is 22.7. The lowest BCUT2D eigenvalue weighted by Crippen LogP contribution is -2.50. The van der Waals surface area contributed by atoms with Gasteiger partial charge < -0.3 is 14.2 Å². The molecule has 0 bridgehead atoms. The van der Waals surface area contributed by atoms with Gasteiger partial charge in [-0.1, -0.05) is 41.1 Å². The lowest BCUT2D eigenvalue weighted by Gasteiger charge is -2.36. The molecule has 1 aliphatic rings. The Kier molecular flexibility index (Phi) is 6.55. The molecule has 1 aliphatic heterocycles. The van der Waals surface area contributed by atoms with Crippen LogP contribution in [0.3, 0.4) is 0 Å². The van der Waals surface area contributed by atoms with Gasteiger partial charge >= 0.3 is 0 Å². The number of benzene rings is 2. The molecule has 7 nitrogen and oxygen atoms in total. The van der Waals surface area contributed by atoms with Crippen molar-refractivity contribution in [2.45, 2.75) is 33.7 Å². The fourth-order valence-corrected chi connectivity index (χ4v) is 3.78. The molecule has 3 aromatic rings. The first-order chi connectivity index (χ1) is 15.4. The number of ether oxygens (including phenoxy) is 1. The molecule has 0 N–H and O–H groups in total. The number of hydrogen-bond donors (Lipinski definition) is 0. The molecule has 1 saturated heterocycles. The third kappa shape index (κ3) is 4.99. The summed E-state index contributed by atoms with van der Waals surface area (Å²) >= 11 is 0. The first-order valence-electron chi connectivity index (χ1n) is 11.0. The van der Waals surface area contributed by atoms with E-state index in [0.29, 0.717) is 24.8 Å². The molecule has 1 unspecified atom stereocenters. The van der Waals surface area contributed by atoms with Crippen LogP contribution in [0.1, 0.15) is 35.5 Å². The molecule has 1 aromatic heterocycles. The number of aromatic nitrogens is 2. The van der Waals surface area contributed by atoms with E-state index >= 15 is 0 Å². The Labute approximate surface area is 189 Å². The smallest absolute Gasteiger partial charge is 0.260 e. The van der Waals surface area contributed by atoms with Gasteiger partial charge in [-0.15, -0.1) is 0 Å². The molecule has 0 spiro atoms. The first kappa shape index (κ1) is 22.0. The SMILES string of the molecule is Cc1ccc(-c2noc(C(C)N3CCN(C(=O)COc4ccc(C)c(C)c4)CC3)n2)cc1. The summed E-state index contributed by atoms with van der Waals surface area (Å²) < 4.78 is 11.3. The summed E-state index contributed by atoms with van der Waals surface area (Å²) in [4.78, 5) is 21.3. The minimum atomic E-state index is -0.00858. The predicted octanol–water partition coefficient (Wildman–Crippen LogP) is 3.95. The Morgan fingerprint density at radius 2 is 1.75 bits per heavy atom. The monoisotopic (exact) mass is 434 g/mol. The molecule has 168 valence electrons. The van der Waals surface area contributed by atoms with Gasteiger partial charge in [0.15, 0.2) is 6.61 Å². The molecular formula is C25H30N4O3. The van der Waals surface area contributed by atoms with E-state index in [0.717, 1.165) is 30.0 Å². The third-order valence-corrected chi connectivity index (χ3v) is 6.16. The Morgan fingerprint density at radius 1 is 1.03 bits per heavy atom. The van der Waals surface area contributed by atoms with E-state index in [2.05, 4.69) is 28.9 Å². The zero-order valence-electron chi connectivity index (χ0n) is 19.2. The third-order valence-electron chi connectivity index (χ3n) is 6.16. The highest BCUT2D eigenvalue weighted by atomic mass is 16.5. The second kappa shape index (κ2) is 9.53. The van der Waals surface area contributed by atoms with Gasteiger partial charge in [-0.05, 0) is 51.0 Å². The number of hydrogen-bond acceptors (Lipinski definition) is 6. The van der Waals surface area contributed by atoms with E-state index < -0.39 is 0 Å².